The first-order valence-corrected chi connectivity index (χ1v) is 6.31. The maximum atomic E-state index is 3.56. The number of rotatable bonds is 3. The highest BCUT2D eigenvalue weighted by atomic mass is 15.2. The smallest absolute Gasteiger partial charge is 0.0252 e. The van der Waals surface area contributed by atoms with E-state index in [1.807, 2.05) is 0 Å². The molecule has 0 saturated carbocycles. The highest BCUT2D eigenvalue weighted by molar-refractivity contribution is 5.07. The Morgan fingerprint density at radius 1 is 1.47 bits per heavy atom. The van der Waals surface area contributed by atoms with Gasteiger partial charge >= 0.3 is 0 Å². The van der Waals surface area contributed by atoms with Crippen LogP contribution in [0.3, 0.4) is 0 Å². The van der Waals surface area contributed by atoms with Crippen LogP contribution in [0.15, 0.2) is 11.6 Å². The van der Waals surface area contributed by atoms with Crippen LogP contribution in [0.4, 0.5) is 0 Å². The van der Waals surface area contributed by atoms with Crippen molar-refractivity contribution in [3.63, 3.8) is 0 Å². The van der Waals surface area contributed by atoms with Crippen molar-refractivity contribution in [2.45, 2.75) is 45.1 Å². The van der Waals surface area contributed by atoms with E-state index in [1.54, 1.807) is 5.57 Å². The standard InChI is InChI=1S/C13H24N2/c1-13(2)11-15(10-8-14-13)9-7-12-5-3-4-6-12/h5,14H,3-4,6-11H2,1-2H3. The largest absolute Gasteiger partial charge is 0.309 e. The lowest BCUT2D eigenvalue weighted by Crippen LogP contribution is -2.57. The molecule has 1 fully saturated rings. The van der Waals surface area contributed by atoms with Crippen molar-refractivity contribution in [2.75, 3.05) is 26.2 Å². The Hall–Kier alpha value is -0.340. The molecule has 0 aromatic carbocycles. The van der Waals surface area contributed by atoms with E-state index < -0.39 is 0 Å². The van der Waals surface area contributed by atoms with Gasteiger partial charge in [-0.2, -0.15) is 0 Å². The molecule has 0 spiro atoms. The van der Waals surface area contributed by atoms with Crippen molar-refractivity contribution >= 4 is 0 Å². The summed E-state index contributed by atoms with van der Waals surface area (Å²) in [5.41, 5.74) is 2.01. The normalized spacial score (nSPS) is 26.7. The Morgan fingerprint density at radius 3 is 3.00 bits per heavy atom. The molecular formula is C13H24N2. The molecule has 0 atom stereocenters. The van der Waals surface area contributed by atoms with E-state index >= 15 is 0 Å². The molecule has 1 aliphatic heterocycles. The topological polar surface area (TPSA) is 15.3 Å². The van der Waals surface area contributed by atoms with E-state index in [0.29, 0.717) is 5.54 Å². The quantitative estimate of drug-likeness (QED) is 0.715. The zero-order chi connectivity index (χ0) is 10.7. The van der Waals surface area contributed by atoms with Crippen molar-refractivity contribution in [1.82, 2.24) is 10.2 Å². The lowest BCUT2D eigenvalue weighted by molar-refractivity contribution is 0.156. The highest BCUT2D eigenvalue weighted by Gasteiger charge is 2.25. The van der Waals surface area contributed by atoms with Gasteiger partial charge in [-0.05, 0) is 39.5 Å². The molecule has 0 aromatic heterocycles. The molecule has 2 nitrogen and oxygen atoms in total. The Labute approximate surface area is 93.7 Å². The molecule has 2 aliphatic rings. The van der Waals surface area contributed by atoms with Gasteiger partial charge in [0.25, 0.3) is 0 Å². The first-order chi connectivity index (χ1) is 7.16. The summed E-state index contributed by atoms with van der Waals surface area (Å²) < 4.78 is 0. The first kappa shape index (κ1) is 11.2. The summed E-state index contributed by atoms with van der Waals surface area (Å²) in [6.07, 6.45) is 7.82. The Kier molecular flexibility index (Phi) is 3.47. The van der Waals surface area contributed by atoms with E-state index in [0.717, 1.165) is 6.54 Å². The fourth-order valence-electron chi connectivity index (χ4n) is 2.70. The monoisotopic (exact) mass is 208 g/mol. The van der Waals surface area contributed by atoms with E-state index in [2.05, 4.69) is 30.1 Å². The van der Waals surface area contributed by atoms with Gasteiger partial charge in [0.15, 0.2) is 0 Å². The van der Waals surface area contributed by atoms with E-state index in [4.69, 9.17) is 0 Å². The minimum absolute atomic E-state index is 0.308. The molecule has 0 unspecified atom stereocenters. The maximum Gasteiger partial charge on any atom is 0.0252 e. The molecule has 0 radical (unpaired) electrons. The number of nitrogens with one attached hydrogen (secondary N) is 1. The van der Waals surface area contributed by atoms with Crippen LogP contribution in [0.5, 0.6) is 0 Å². The predicted octanol–water partition coefficient (Wildman–Crippen LogP) is 2.17. The average Bonchev–Trinajstić information content (AvgIpc) is 2.65. The molecule has 1 saturated heterocycles. The van der Waals surface area contributed by atoms with Crippen LogP contribution in [0.1, 0.15) is 39.5 Å². The summed E-state index contributed by atoms with van der Waals surface area (Å²) in [6, 6.07) is 0. The van der Waals surface area contributed by atoms with E-state index in [1.165, 1.54) is 45.3 Å². The SMILES string of the molecule is CC1(C)CN(CCC2=CCCC2)CCN1. The average molecular weight is 208 g/mol. The third-order valence-electron chi connectivity index (χ3n) is 3.53. The van der Waals surface area contributed by atoms with Gasteiger partial charge in [-0.15, -0.1) is 0 Å². The van der Waals surface area contributed by atoms with Gasteiger partial charge in [0, 0.05) is 31.7 Å². The van der Waals surface area contributed by atoms with Gasteiger partial charge in [-0.3, -0.25) is 4.90 Å². The van der Waals surface area contributed by atoms with Gasteiger partial charge in [-0.25, -0.2) is 0 Å². The van der Waals surface area contributed by atoms with Crippen LogP contribution in [-0.2, 0) is 0 Å². The van der Waals surface area contributed by atoms with Crippen LogP contribution >= 0.6 is 0 Å². The zero-order valence-electron chi connectivity index (χ0n) is 10.2. The predicted molar refractivity (Wildman–Crippen MR) is 65.1 cm³/mol. The summed E-state index contributed by atoms with van der Waals surface area (Å²) in [7, 11) is 0. The second-order valence-electron chi connectivity index (χ2n) is 5.59. The molecule has 1 aliphatic carbocycles. The zero-order valence-corrected chi connectivity index (χ0v) is 10.2. The summed E-state index contributed by atoms with van der Waals surface area (Å²) in [5.74, 6) is 0. The molecule has 2 heteroatoms. The number of nitrogens with zero attached hydrogens (tertiary/aromatic N) is 1. The first-order valence-electron chi connectivity index (χ1n) is 6.31. The van der Waals surface area contributed by atoms with Gasteiger partial charge < -0.3 is 5.32 Å². The van der Waals surface area contributed by atoms with Crippen LogP contribution in [0.2, 0.25) is 0 Å². The Morgan fingerprint density at radius 2 is 2.33 bits per heavy atom. The van der Waals surface area contributed by atoms with Gasteiger partial charge in [-0.1, -0.05) is 11.6 Å². The van der Waals surface area contributed by atoms with Gasteiger partial charge in [0.1, 0.15) is 0 Å². The molecule has 15 heavy (non-hydrogen) atoms. The van der Waals surface area contributed by atoms with Gasteiger partial charge in [0.2, 0.25) is 0 Å². The molecule has 0 bridgehead atoms. The molecule has 1 N–H and O–H groups in total. The minimum atomic E-state index is 0.308. The van der Waals surface area contributed by atoms with Crippen molar-refractivity contribution in [3.8, 4) is 0 Å². The highest BCUT2D eigenvalue weighted by Crippen LogP contribution is 2.21. The third kappa shape index (κ3) is 3.32. The molecule has 1 heterocycles. The molecule has 2 rings (SSSR count). The van der Waals surface area contributed by atoms with E-state index in [9.17, 15) is 0 Å². The maximum absolute atomic E-state index is 3.56. The number of hydrogen-bond donors (Lipinski definition) is 1. The fourth-order valence-corrected chi connectivity index (χ4v) is 2.70. The lowest BCUT2D eigenvalue weighted by Gasteiger charge is -2.39. The van der Waals surface area contributed by atoms with Crippen LogP contribution in [0, 0.1) is 0 Å². The van der Waals surface area contributed by atoms with Crippen LogP contribution in [-0.4, -0.2) is 36.6 Å². The number of piperazine rings is 1. The van der Waals surface area contributed by atoms with Gasteiger partial charge in [0.05, 0.1) is 0 Å². The number of allylic oxidation sites excluding steroid dienone is 1. The molecule has 86 valence electrons. The summed E-state index contributed by atoms with van der Waals surface area (Å²) >= 11 is 0. The van der Waals surface area contributed by atoms with Crippen molar-refractivity contribution in [1.29, 1.82) is 0 Å². The van der Waals surface area contributed by atoms with E-state index in [-0.39, 0.29) is 0 Å². The van der Waals surface area contributed by atoms with Crippen molar-refractivity contribution < 1.29 is 0 Å². The third-order valence-corrected chi connectivity index (χ3v) is 3.53. The molecule has 0 amide bonds. The molecular weight excluding hydrogens is 184 g/mol. The van der Waals surface area contributed by atoms with Crippen molar-refractivity contribution in [2.24, 2.45) is 0 Å². The fraction of sp³-hybridized carbons (Fsp3) is 0.846. The summed E-state index contributed by atoms with van der Waals surface area (Å²) in [6.45, 7) is 9.42. The van der Waals surface area contributed by atoms with Crippen LogP contribution in [0.25, 0.3) is 0 Å². The van der Waals surface area contributed by atoms with Crippen molar-refractivity contribution in [3.05, 3.63) is 11.6 Å². The number of hydrogen-bond acceptors (Lipinski definition) is 2. The van der Waals surface area contributed by atoms with Crippen LogP contribution < -0.4 is 5.32 Å². The molecule has 0 aromatic rings. The summed E-state index contributed by atoms with van der Waals surface area (Å²) in [4.78, 5) is 2.61. The minimum Gasteiger partial charge on any atom is -0.309 e. The second-order valence-corrected chi connectivity index (χ2v) is 5.59. The second kappa shape index (κ2) is 4.67. The Bertz CT molecular complexity index is 243. The summed E-state index contributed by atoms with van der Waals surface area (Å²) in [5, 5.41) is 3.56. The Balaban J connectivity index is 1.74. The lowest BCUT2D eigenvalue weighted by atomic mass is 10.0.